The van der Waals surface area contributed by atoms with E-state index in [1.807, 2.05) is 6.08 Å². The molecule has 1 amide bonds. The molecular formula is C8H15NO2. The van der Waals surface area contributed by atoms with E-state index in [0.717, 1.165) is 5.92 Å². The summed E-state index contributed by atoms with van der Waals surface area (Å²) in [4.78, 5) is 9.60. The number of carbonyl (C=O) groups excluding carboxylic acids is 1. The normalized spacial score (nSPS) is 14.3. The van der Waals surface area contributed by atoms with Gasteiger partial charge in [-0.05, 0) is 25.7 Å². The number of amides is 1. The summed E-state index contributed by atoms with van der Waals surface area (Å²) in [5, 5.41) is 0. The van der Waals surface area contributed by atoms with Gasteiger partial charge in [0.1, 0.15) is 0 Å². The van der Waals surface area contributed by atoms with Crippen molar-refractivity contribution in [3.63, 3.8) is 0 Å². The fourth-order valence-corrected chi connectivity index (χ4v) is 0.474. The Labute approximate surface area is 67.2 Å². The van der Waals surface area contributed by atoms with Crippen LogP contribution in [-0.2, 0) is 4.74 Å². The summed E-state index contributed by atoms with van der Waals surface area (Å²) in [5.74, 6) is 0.898. The van der Waals surface area contributed by atoms with Gasteiger partial charge in [-0.2, -0.15) is 0 Å². The molecule has 0 aliphatic heterocycles. The molecule has 0 spiro atoms. The van der Waals surface area contributed by atoms with Crippen molar-refractivity contribution in [1.82, 2.24) is 0 Å². The van der Waals surface area contributed by atoms with Gasteiger partial charge < -0.3 is 10.5 Å². The minimum absolute atomic E-state index is 0.356. The van der Waals surface area contributed by atoms with E-state index in [2.05, 4.69) is 17.0 Å². The number of rotatable bonds is 2. The summed E-state index contributed by atoms with van der Waals surface area (Å²) in [6, 6.07) is 0. The number of hydrogen-bond donors (Lipinski definition) is 1. The molecule has 0 radical (unpaired) electrons. The van der Waals surface area contributed by atoms with E-state index in [1.165, 1.54) is 12.8 Å². The van der Waals surface area contributed by atoms with Gasteiger partial charge in [-0.25, -0.2) is 4.79 Å². The lowest BCUT2D eigenvalue weighted by atomic mass is 10.4. The lowest BCUT2D eigenvalue weighted by molar-refractivity contribution is 0.163. The number of primary amides is 1. The summed E-state index contributed by atoms with van der Waals surface area (Å²) in [6.45, 7) is 5.68. The van der Waals surface area contributed by atoms with Crippen LogP contribution in [0.1, 0.15) is 19.8 Å². The van der Waals surface area contributed by atoms with Crippen molar-refractivity contribution in [2.45, 2.75) is 19.8 Å². The highest BCUT2D eigenvalue weighted by atomic mass is 16.5. The fourth-order valence-electron chi connectivity index (χ4n) is 0.474. The zero-order valence-corrected chi connectivity index (χ0v) is 6.88. The topological polar surface area (TPSA) is 52.3 Å². The van der Waals surface area contributed by atoms with E-state index < -0.39 is 6.09 Å². The van der Waals surface area contributed by atoms with Crippen molar-refractivity contribution < 1.29 is 9.53 Å². The number of hydrogen-bond acceptors (Lipinski definition) is 2. The molecule has 1 aliphatic rings. The van der Waals surface area contributed by atoms with Gasteiger partial charge in [0.15, 0.2) is 0 Å². The highest BCUT2D eigenvalue weighted by Crippen LogP contribution is 2.28. The molecule has 2 N–H and O–H groups in total. The quantitative estimate of drug-likeness (QED) is 0.620. The molecule has 3 nitrogen and oxygen atoms in total. The molecule has 0 atom stereocenters. The summed E-state index contributed by atoms with van der Waals surface area (Å²) >= 11 is 0. The predicted octanol–water partition coefficient (Wildman–Crippen LogP) is 1.68. The largest absolute Gasteiger partial charge is 0.450 e. The van der Waals surface area contributed by atoms with Crippen LogP contribution in [-0.4, -0.2) is 12.7 Å². The van der Waals surface area contributed by atoms with Crippen molar-refractivity contribution in [2.24, 2.45) is 11.7 Å². The van der Waals surface area contributed by atoms with E-state index >= 15 is 0 Å². The van der Waals surface area contributed by atoms with Crippen LogP contribution in [0.25, 0.3) is 0 Å². The second kappa shape index (κ2) is 5.77. The first kappa shape index (κ1) is 10.0. The summed E-state index contributed by atoms with van der Waals surface area (Å²) in [7, 11) is 0. The number of ether oxygens (including phenoxy) is 1. The van der Waals surface area contributed by atoms with Crippen molar-refractivity contribution >= 4 is 6.09 Å². The third-order valence-electron chi connectivity index (χ3n) is 1.24. The Balaban J connectivity index is 0.000000183. The van der Waals surface area contributed by atoms with Crippen molar-refractivity contribution in [3.8, 4) is 0 Å². The minimum Gasteiger partial charge on any atom is -0.450 e. The van der Waals surface area contributed by atoms with Gasteiger partial charge in [-0.3, -0.25) is 0 Å². The maximum Gasteiger partial charge on any atom is 0.404 e. The molecule has 1 aliphatic carbocycles. The van der Waals surface area contributed by atoms with E-state index in [9.17, 15) is 4.79 Å². The maximum atomic E-state index is 9.60. The predicted molar refractivity (Wildman–Crippen MR) is 44.1 cm³/mol. The molecular weight excluding hydrogens is 142 g/mol. The van der Waals surface area contributed by atoms with Crippen molar-refractivity contribution in [2.75, 3.05) is 6.61 Å². The van der Waals surface area contributed by atoms with E-state index in [4.69, 9.17) is 0 Å². The van der Waals surface area contributed by atoms with Crippen LogP contribution in [0.5, 0.6) is 0 Å². The van der Waals surface area contributed by atoms with E-state index in [1.54, 1.807) is 6.92 Å². The maximum absolute atomic E-state index is 9.60. The van der Waals surface area contributed by atoms with Crippen LogP contribution in [0.2, 0.25) is 0 Å². The first-order valence-corrected chi connectivity index (χ1v) is 3.75. The molecule has 0 saturated heterocycles. The van der Waals surface area contributed by atoms with Gasteiger partial charge >= 0.3 is 6.09 Å². The monoisotopic (exact) mass is 157 g/mol. The van der Waals surface area contributed by atoms with Gasteiger partial charge in [0.2, 0.25) is 0 Å². The highest BCUT2D eigenvalue weighted by Gasteiger charge is 2.15. The van der Waals surface area contributed by atoms with Crippen LogP contribution in [0.3, 0.4) is 0 Å². The second-order valence-electron chi connectivity index (χ2n) is 2.33. The van der Waals surface area contributed by atoms with Crippen LogP contribution in [0, 0.1) is 5.92 Å². The first-order chi connectivity index (χ1) is 5.20. The molecule has 64 valence electrons. The Bertz CT molecular complexity index is 130. The molecule has 1 rings (SSSR count). The van der Waals surface area contributed by atoms with Crippen molar-refractivity contribution in [3.05, 3.63) is 12.7 Å². The lowest BCUT2D eigenvalue weighted by Gasteiger charge is -1.89. The van der Waals surface area contributed by atoms with Crippen LogP contribution in [0.15, 0.2) is 12.7 Å². The fraction of sp³-hybridized carbons (Fsp3) is 0.625. The van der Waals surface area contributed by atoms with E-state index in [-0.39, 0.29) is 0 Å². The lowest BCUT2D eigenvalue weighted by Crippen LogP contribution is -2.11. The summed E-state index contributed by atoms with van der Waals surface area (Å²) in [5.41, 5.74) is 4.54. The minimum atomic E-state index is -0.711. The number of nitrogens with two attached hydrogens (primary N) is 1. The zero-order chi connectivity index (χ0) is 8.69. The summed E-state index contributed by atoms with van der Waals surface area (Å²) in [6.07, 6.45) is 4.10. The smallest absolute Gasteiger partial charge is 0.404 e. The van der Waals surface area contributed by atoms with Gasteiger partial charge in [-0.15, -0.1) is 6.58 Å². The standard InChI is InChI=1S/C5H8.C3H7NO2/c1-2-5-3-4-5;1-2-6-3(4)5/h2,5H,1,3-4H2;2H2,1H3,(H2,4,5). The van der Waals surface area contributed by atoms with E-state index in [0.29, 0.717) is 6.61 Å². The molecule has 3 heteroatoms. The second-order valence-corrected chi connectivity index (χ2v) is 2.33. The molecule has 0 heterocycles. The van der Waals surface area contributed by atoms with Gasteiger partial charge in [-0.1, -0.05) is 6.08 Å². The Hall–Kier alpha value is -0.990. The molecule has 1 saturated carbocycles. The number of allylic oxidation sites excluding steroid dienone is 1. The number of carbonyl (C=O) groups is 1. The average Bonchev–Trinajstić information content (AvgIpc) is 2.69. The molecule has 11 heavy (non-hydrogen) atoms. The first-order valence-electron chi connectivity index (χ1n) is 3.75. The molecule has 0 bridgehead atoms. The molecule has 0 unspecified atom stereocenters. The third-order valence-corrected chi connectivity index (χ3v) is 1.24. The molecule has 0 aromatic rings. The Kier molecular flexibility index (Phi) is 5.25. The Morgan fingerprint density at radius 2 is 2.36 bits per heavy atom. The van der Waals surface area contributed by atoms with Crippen LogP contribution in [0.4, 0.5) is 4.79 Å². The zero-order valence-electron chi connectivity index (χ0n) is 6.88. The van der Waals surface area contributed by atoms with Crippen LogP contribution < -0.4 is 5.73 Å². The van der Waals surface area contributed by atoms with Crippen LogP contribution >= 0.6 is 0 Å². The molecule has 1 fully saturated rings. The SMILES string of the molecule is C=CC1CC1.CCOC(N)=O. The Morgan fingerprint density at radius 1 is 1.82 bits per heavy atom. The highest BCUT2D eigenvalue weighted by molar-refractivity contribution is 5.64. The van der Waals surface area contributed by atoms with Gasteiger partial charge in [0.05, 0.1) is 6.61 Å². The molecule has 0 aromatic heterocycles. The average molecular weight is 157 g/mol. The van der Waals surface area contributed by atoms with Crippen molar-refractivity contribution in [1.29, 1.82) is 0 Å². The third kappa shape index (κ3) is 9.01. The summed E-state index contributed by atoms with van der Waals surface area (Å²) < 4.78 is 4.18. The Morgan fingerprint density at radius 3 is 2.36 bits per heavy atom. The van der Waals surface area contributed by atoms with Gasteiger partial charge in [0.25, 0.3) is 0 Å². The van der Waals surface area contributed by atoms with Gasteiger partial charge in [0, 0.05) is 0 Å². The molecule has 0 aromatic carbocycles.